The fourth-order valence-electron chi connectivity index (χ4n) is 3.71. The molecule has 0 bridgehead atoms. The zero-order valence-corrected chi connectivity index (χ0v) is 16.8. The maximum absolute atomic E-state index is 14.6. The van der Waals surface area contributed by atoms with E-state index in [2.05, 4.69) is 4.98 Å². The number of Topliss-reactive ketones (excluding diaryl/α,β-unsaturated/α-hetero) is 1. The number of aryl methyl sites for hydroxylation is 2. The number of rotatable bonds is 3. The maximum Gasteiger partial charge on any atom is 0.300 e. The van der Waals surface area contributed by atoms with Crippen LogP contribution in [0.4, 0.5) is 14.5 Å². The highest BCUT2D eigenvalue weighted by Crippen LogP contribution is 2.42. The van der Waals surface area contributed by atoms with Crippen molar-refractivity contribution in [3.63, 3.8) is 0 Å². The van der Waals surface area contributed by atoms with Crippen LogP contribution in [0.1, 0.15) is 28.4 Å². The fraction of sp³-hybridized carbons (Fsp3) is 0.125. The molecule has 1 fully saturated rings. The molecule has 1 aromatic heterocycles. The molecule has 0 radical (unpaired) electrons. The summed E-state index contributed by atoms with van der Waals surface area (Å²) in [4.78, 5) is 31.1. The molecule has 0 spiro atoms. The van der Waals surface area contributed by atoms with Gasteiger partial charge in [-0.1, -0.05) is 23.8 Å². The molecule has 5 nitrogen and oxygen atoms in total. The van der Waals surface area contributed by atoms with Gasteiger partial charge in [-0.05, 0) is 49.7 Å². The Morgan fingerprint density at radius 3 is 2.52 bits per heavy atom. The van der Waals surface area contributed by atoms with E-state index in [1.807, 2.05) is 13.0 Å². The number of pyridine rings is 1. The van der Waals surface area contributed by atoms with Crippen LogP contribution in [0.3, 0.4) is 0 Å². The smallest absolute Gasteiger partial charge is 0.300 e. The number of hydrogen-bond donors (Lipinski definition) is 1. The monoisotopic (exact) mass is 420 g/mol. The first kappa shape index (κ1) is 20.4. The first-order chi connectivity index (χ1) is 14.8. The van der Waals surface area contributed by atoms with Crippen LogP contribution < -0.4 is 4.90 Å². The second-order valence-corrected chi connectivity index (χ2v) is 7.34. The summed E-state index contributed by atoms with van der Waals surface area (Å²) in [7, 11) is 0. The highest BCUT2D eigenvalue weighted by atomic mass is 19.1. The number of benzene rings is 2. The number of halogens is 2. The van der Waals surface area contributed by atoms with Crippen LogP contribution in [0.25, 0.3) is 5.76 Å². The third-order valence-corrected chi connectivity index (χ3v) is 5.23. The van der Waals surface area contributed by atoms with Crippen molar-refractivity contribution < 1.29 is 23.5 Å². The second kappa shape index (κ2) is 7.75. The summed E-state index contributed by atoms with van der Waals surface area (Å²) in [5.41, 5.74) is 1.49. The number of carbonyl (C=O) groups excluding carboxylic acids is 2. The highest BCUT2D eigenvalue weighted by Gasteiger charge is 2.48. The summed E-state index contributed by atoms with van der Waals surface area (Å²) < 4.78 is 28.5. The maximum atomic E-state index is 14.6. The Bertz CT molecular complexity index is 1240. The summed E-state index contributed by atoms with van der Waals surface area (Å²) in [6.07, 6.45) is 1.45. The number of carbonyl (C=O) groups is 2. The summed E-state index contributed by atoms with van der Waals surface area (Å²) in [5, 5.41) is 11.1. The number of aliphatic hydroxyl groups is 1. The van der Waals surface area contributed by atoms with E-state index >= 15 is 0 Å². The van der Waals surface area contributed by atoms with Crippen LogP contribution in [0, 0.1) is 25.5 Å². The zero-order valence-electron chi connectivity index (χ0n) is 16.8. The molecule has 1 atom stereocenters. The lowest BCUT2D eigenvalue weighted by Gasteiger charge is -2.25. The molecule has 0 saturated carbocycles. The van der Waals surface area contributed by atoms with E-state index in [9.17, 15) is 23.5 Å². The number of amides is 1. The minimum Gasteiger partial charge on any atom is -0.507 e. The molecule has 2 heterocycles. The SMILES string of the molecule is Cc1ccc(C)c(/C(O)=C2\C(=O)C(=O)N(c3cc(F)ccc3F)C2c2ccccn2)c1. The number of nitrogens with zero attached hydrogens (tertiary/aromatic N) is 2. The number of aliphatic hydroxyl groups excluding tert-OH is 1. The molecule has 1 saturated heterocycles. The molecule has 0 aliphatic carbocycles. The molecular formula is C24H18F2N2O3. The van der Waals surface area contributed by atoms with Gasteiger partial charge < -0.3 is 5.11 Å². The Kier molecular flexibility index (Phi) is 5.10. The van der Waals surface area contributed by atoms with Crippen molar-refractivity contribution >= 4 is 23.1 Å². The molecule has 2 aromatic carbocycles. The van der Waals surface area contributed by atoms with Gasteiger partial charge in [-0.3, -0.25) is 19.5 Å². The summed E-state index contributed by atoms with van der Waals surface area (Å²) in [5.74, 6) is -4.12. The molecule has 1 amide bonds. The Morgan fingerprint density at radius 1 is 1.03 bits per heavy atom. The lowest BCUT2D eigenvalue weighted by Crippen LogP contribution is -2.30. The van der Waals surface area contributed by atoms with Crippen LogP contribution in [0.5, 0.6) is 0 Å². The minimum atomic E-state index is -1.22. The van der Waals surface area contributed by atoms with E-state index < -0.39 is 40.8 Å². The van der Waals surface area contributed by atoms with Gasteiger partial charge in [0.2, 0.25) is 0 Å². The normalized spacial score (nSPS) is 17.9. The lowest BCUT2D eigenvalue weighted by atomic mass is 9.95. The van der Waals surface area contributed by atoms with Crippen LogP contribution >= 0.6 is 0 Å². The van der Waals surface area contributed by atoms with Crippen molar-refractivity contribution in [1.82, 2.24) is 4.98 Å². The molecule has 3 aromatic rings. The Morgan fingerprint density at radius 2 is 1.81 bits per heavy atom. The van der Waals surface area contributed by atoms with Crippen molar-refractivity contribution in [3.05, 3.63) is 100 Å². The quantitative estimate of drug-likeness (QED) is 0.382. The van der Waals surface area contributed by atoms with Gasteiger partial charge in [-0.15, -0.1) is 0 Å². The molecule has 1 aliphatic rings. The topological polar surface area (TPSA) is 70.5 Å². The molecule has 1 unspecified atom stereocenters. The minimum absolute atomic E-state index is 0.234. The standard InChI is InChI=1S/C24H18F2N2O3/c1-13-6-7-14(2)16(11-13)22(29)20-21(18-5-3-4-10-27-18)28(24(31)23(20)30)19-12-15(25)8-9-17(19)26/h3-12,21,29H,1-2H3/b22-20+. The average Bonchev–Trinajstić information content (AvgIpc) is 3.02. The van der Waals surface area contributed by atoms with Gasteiger partial charge in [0.25, 0.3) is 11.7 Å². The molecule has 1 N–H and O–H groups in total. The van der Waals surface area contributed by atoms with Gasteiger partial charge in [0.05, 0.1) is 17.0 Å². The Labute approximate surface area is 177 Å². The highest BCUT2D eigenvalue weighted by molar-refractivity contribution is 6.51. The van der Waals surface area contributed by atoms with Gasteiger partial charge >= 0.3 is 0 Å². The molecule has 7 heteroatoms. The number of anilines is 1. The van der Waals surface area contributed by atoms with E-state index in [0.717, 1.165) is 28.7 Å². The summed E-state index contributed by atoms with van der Waals surface area (Å²) in [6, 6.07) is 11.6. The van der Waals surface area contributed by atoms with E-state index in [-0.39, 0.29) is 11.3 Å². The van der Waals surface area contributed by atoms with Gasteiger partial charge in [0, 0.05) is 17.8 Å². The van der Waals surface area contributed by atoms with Crippen molar-refractivity contribution in [1.29, 1.82) is 0 Å². The van der Waals surface area contributed by atoms with Gasteiger partial charge in [-0.2, -0.15) is 0 Å². The fourth-order valence-corrected chi connectivity index (χ4v) is 3.71. The van der Waals surface area contributed by atoms with Crippen LogP contribution in [-0.4, -0.2) is 21.8 Å². The molecule has 31 heavy (non-hydrogen) atoms. The predicted octanol–water partition coefficient (Wildman–Crippen LogP) is 4.60. The van der Waals surface area contributed by atoms with Crippen LogP contribution in [-0.2, 0) is 9.59 Å². The molecule has 1 aliphatic heterocycles. The second-order valence-electron chi connectivity index (χ2n) is 7.34. The summed E-state index contributed by atoms with van der Waals surface area (Å²) in [6.45, 7) is 3.58. The molecule has 4 rings (SSSR count). The largest absolute Gasteiger partial charge is 0.507 e. The first-order valence-corrected chi connectivity index (χ1v) is 9.54. The lowest BCUT2D eigenvalue weighted by molar-refractivity contribution is -0.132. The van der Waals surface area contributed by atoms with Crippen molar-refractivity contribution in [2.24, 2.45) is 0 Å². The van der Waals surface area contributed by atoms with E-state index in [1.54, 1.807) is 37.3 Å². The number of aromatic nitrogens is 1. The third-order valence-electron chi connectivity index (χ3n) is 5.23. The van der Waals surface area contributed by atoms with Gasteiger partial charge in [0.1, 0.15) is 23.4 Å². The Balaban J connectivity index is 2.01. The first-order valence-electron chi connectivity index (χ1n) is 9.54. The Hall–Kier alpha value is -3.87. The van der Waals surface area contributed by atoms with Crippen LogP contribution in [0.15, 0.2) is 66.4 Å². The van der Waals surface area contributed by atoms with E-state index in [4.69, 9.17) is 0 Å². The molecular weight excluding hydrogens is 402 g/mol. The summed E-state index contributed by atoms with van der Waals surface area (Å²) >= 11 is 0. The number of hydrogen-bond acceptors (Lipinski definition) is 4. The van der Waals surface area contributed by atoms with Gasteiger partial charge in [-0.25, -0.2) is 8.78 Å². The predicted molar refractivity (Wildman–Crippen MR) is 111 cm³/mol. The van der Waals surface area contributed by atoms with Gasteiger partial charge in [0.15, 0.2) is 0 Å². The average molecular weight is 420 g/mol. The van der Waals surface area contributed by atoms with Crippen molar-refractivity contribution in [2.75, 3.05) is 4.90 Å². The van der Waals surface area contributed by atoms with Crippen LogP contribution in [0.2, 0.25) is 0 Å². The third kappa shape index (κ3) is 3.48. The van der Waals surface area contributed by atoms with Crippen molar-refractivity contribution in [3.8, 4) is 0 Å². The van der Waals surface area contributed by atoms with Crippen molar-refractivity contribution in [2.45, 2.75) is 19.9 Å². The zero-order chi connectivity index (χ0) is 22.3. The molecule has 156 valence electrons. The van der Waals surface area contributed by atoms with E-state index in [1.165, 1.54) is 6.20 Å². The number of ketones is 1. The van der Waals surface area contributed by atoms with E-state index in [0.29, 0.717) is 11.1 Å².